The van der Waals surface area contributed by atoms with E-state index < -0.39 is 17.5 Å². The SMILES string of the molecule is CCNCc1sc(-c2cc(F)c(F)c(F)c2)nc1COC. The molecule has 3 nitrogen and oxygen atoms in total. The Morgan fingerprint density at radius 3 is 2.48 bits per heavy atom. The van der Waals surface area contributed by atoms with Crippen LogP contribution in [0.4, 0.5) is 13.2 Å². The summed E-state index contributed by atoms with van der Waals surface area (Å²) in [6, 6.07) is 1.90. The lowest BCUT2D eigenvalue weighted by atomic mass is 10.2. The summed E-state index contributed by atoms with van der Waals surface area (Å²) < 4.78 is 44.7. The van der Waals surface area contributed by atoms with Gasteiger partial charge in [-0.15, -0.1) is 11.3 Å². The molecule has 0 aliphatic carbocycles. The number of rotatable bonds is 6. The van der Waals surface area contributed by atoms with E-state index in [1.165, 1.54) is 11.3 Å². The van der Waals surface area contributed by atoms with Gasteiger partial charge in [-0.25, -0.2) is 18.2 Å². The Balaban J connectivity index is 2.39. The normalized spacial score (nSPS) is 11.1. The van der Waals surface area contributed by atoms with E-state index >= 15 is 0 Å². The fourth-order valence-electron chi connectivity index (χ4n) is 1.81. The topological polar surface area (TPSA) is 34.2 Å². The van der Waals surface area contributed by atoms with Crippen LogP contribution in [0.1, 0.15) is 17.5 Å². The second-order valence-corrected chi connectivity index (χ2v) is 5.44. The zero-order valence-corrected chi connectivity index (χ0v) is 12.5. The Bertz CT molecular complexity index is 608. The Labute approximate surface area is 124 Å². The summed E-state index contributed by atoms with van der Waals surface area (Å²) in [5.74, 6) is -3.91. The van der Waals surface area contributed by atoms with Crippen LogP contribution in [0.5, 0.6) is 0 Å². The molecule has 0 atom stereocenters. The fraction of sp³-hybridized carbons (Fsp3) is 0.357. The summed E-state index contributed by atoms with van der Waals surface area (Å²) in [5.41, 5.74) is 0.931. The highest BCUT2D eigenvalue weighted by molar-refractivity contribution is 7.15. The molecule has 114 valence electrons. The molecule has 1 heterocycles. The number of ether oxygens (including phenoxy) is 1. The Morgan fingerprint density at radius 2 is 1.90 bits per heavy atom. The second-order valence-electron chi connectivity index (χ2n) is 4.36. The van der Waals surface area contributed by atoms with Crippen LogP contribution >= 0.6 is 11.3 Å². The first-order valence-electron chi connectivity index (χ1n) is 6.40. The highest BCUT2D eigenvalue weighted by Gasteiger charge is 2.16. The van der Waals surface area contributed by atoms with Gasteiger partial charge in [0.15, 0.2) is 17.5 Å². The molecular weight excluding hydrogens is 301 g/mol. The van der Waals surface area contributed by atoms with Crippen molar-refractivity contribution in [1.82, 2.24) is 10.3 Å². The third kappa shape index (κ3) is 3.61. The van der Waals surface area contributed by atoms with Gasteiger partial charge in [-0.2, -0.15) is 0 Å². The molecule has 1 aromatic heterocycles. The molecule has 0 spiro atoms. The van der Waals surface area contributed by atoms with E-state index in [0.29, 0.717) is 23.9 Å². The van der Waals surface area contributed by atoms with Crippen molar-refractivity contribution in [1.29, 1.82) is 0 Å². The molecule has 0 aliphatic rings. The van der Waals surface area contributed by atoms with Crippen LogP contribution in [0.25, 0.3) is 10.6 Å². The van der Waals surface area contributed by atoms with Crippen molar-refractivity contribution in [3.63, 3.8) is 0 Å². The minimum Gasteiger partial charge on any atom is -0.378 e. The number of methoxy groups -OCH3 is 1. The Kier molecular flexibility index (Phi) is 5.33. The minimum absolute atomic E-state index is 0.219. The van der Waals surface area contributed by atoms with E-state index in [2.05, 4.69) is 10.3 Å². The van der Waals surface area contributed by atoms with Crippen LogP contribution in [0.2, 0.25) is 0 Å². The van der Waals surface area contributed by atoms with Gasteiger partial charge < -0.3 is 10.1 Å². The van der Waals surface area contributed by atoms with E-state index in [1.807, 2.05) is 6.92 Å². The average molecular weight is 316 g/mol. The van der Waals surface area contributed by atoms with Crippen LogP contribution in [0, 0.1) is 17.5 Å². The predicted molar refractivity (Wildman–Crippen MR) is 75.5 cm³/mol. The summed E-state index contributed by atoms with van der Waals surface area (Å²) in [7, 11) is 1.55. The van der Waals surface area contributed by atoms with Crippen LogP contribution in [0.15, 0.2) is 12.1 Å². The van der Waals surface area contributed by atoms with Crippen molar-refractivity contribution in [3.8, 4) is 10.6 Å². The summed E-state index contributed by atoms with van der Waals surface area (Å²) in [5, 5.41) is 3.60. The maximum atomic E-state index is 13.3. The third-order valence-corrected chi connectivity index (χ3v) is 3.97. The number of thiazole rings is 1. The van der Waals surface area contributed by atoms with Crippen molar-refractivity contribution in [2.24, 2.45) is 0 Å². The molecule has 1 aromatic carbocycles. The molecule has 0 saturated heterocycles. The van der Waals surface area contributed by atoms with Crippen molar-refractivity contribution in [2.45, 2.75) is 20.1 Å². The molecule has 0 bridgehead atoms. The van der Waals surface area contributed by atoms with Gasteiger partial charge in [0.25, 0.3) is 0 Å². The van der Waals surface area contributed by atoms with Gasteiger partial charge in [0.2, 0.25) is 0 Å². The number of nitrogens with zero attached hydrogens (tertiary/aromatic N) is 1. The van der Waals surface area contributed by atoms with Gasteiger partial charge in [0.05, 0.1) is 12.3 Å². The third-order valence-electron chi connectivity index (χ3n) is 2.83. The minimum atomic E-state index is -1.47. The summed E-state index contributed by atoms with van der Waals surface area (Å²) in [4.78, 5) is 5.26. The number of aromatic nitrogens is 1. The van der Waals surface area contributed by atoms with Gasteiger partial charge in [-0.1, -0.05) is 6.92 Å². The number of hydrogen-bond acceptors (Lipinski definition) is 4. The molecule has 0 fully saturated rings. The molecule has 0 amide bonds. The van der Waals surface area contributed by atoms with Crippen molar-refractivity contribution >= 4 is 11.3 Å². The van der Waals surface area contributed by atoms with E-state index in [0.717, 1.165) is 23.6 Å². The number of nitrogens with one attached hydrogen (secondary N) is 1. The maximum absolute atomic E-state index is 13.3. The fourth-order valence-corrected chi connectivity index (χ4v) is 2.83. The maximum Gasteiger partial charge on any atom is 0.194 e. The number of benzene rings is 1. The molecule has 0 unspecified atom stereocenters. The van der Waals surface area contributed by atoms with Gasteiger partial charge in [-0.05, 0) is 18.7 Å². The average Bonchev–Trinajstić information content (AvgIpc) is 2.85. The van der Waals surface area contributed by atoms with Gasteiger partial charge in [0.1, 0.15) is 5.01 Å². The van der Waals surface area contributed by atoms with Crippen molar-refractivity contribution in [2.75, 3.05) is 13.7 Å². The zero-order chi connectivity index (χ0) is 15.4. The molecule has 2 rings (SSSR count). The summed E-state index contributed by atoms with van der Waals surface area (Å²) in [6.45, 7) is 3.67. The first-order chi connectivity index (χ1) is 10.1. The Morgan fingerprint density at radius 1 is 1.24 bits per heavy atom. The molecule has 7 heteroatoms. The molecule has 0 saturated carbocycles. The second kappa shape index (κ2) is 7.02. The molecule has 21 heavy (non-hydrogen) atoms. The first-order valence-corrected chi connectivity index (χ1v) is 7.21. The van der Waals surface area contributed by atoms with E-state index in [9.17, 15) is 13.2 Å². The monoisotopic (exact) mass is 316 g/mol. The standard InChI is InChI=1S/C14H15F3N2OS/c1-3-18-6-12-11(7-20-2)19-14(21-12)8-4-9(15)13(17)10(16)5-8/h4-5,18H,3,6-7H2,1-2H3. The summed E-state index contributed by atoms with van der Waals surface area (Å²) >= 11 is 1.31. The Hall–Kier alpha value is -1.44. The largest absolute Gasteiger partial charge is 0.378 e. The lowest BCUT2D eigenvalue weighted by Crippen LogP contribution is -2.12. The predicted octanol–water partition coefficient (Wildman–Crippen LogP) is 3.48. The summed E-state index contributed by atoms with van der Waals surface area (Å²) in [6.07, 6.45) is 0. The smallest absolute Gasteiger partial charge is 0.194 e. The van der Waals surface area contributed by atoms with Gasteiger partial charge in [0, 0.05) is 24.1 Å². The molecular formula is C14H15F3N2OS. The van der Waals surface area contributed by atoms with E-state index in [4.69, 9.17) is 4.74 Å². The zero-order valence-electron chi connectivity index (χ0n) is 11.7. The number of hydrogen-bond donors (Lipinski definition) is 1. The molecule has 1 N–H and O–H groups in total. The lowest BCUT2D eigenvalue weighted by Gasteiger charge is -2.00. The van der Waals surface area contributed by atoms with E-state index in [1.54, 1.807) is 7.11 Å². The first kappa shape index (κ1) is 15.9. The van der Waals surface area contributed by atoms with Crippen LogP contribution in [-0.2, 0) is 17.9 Å². The van der Waals surface area contributed by atoms with Crippen molar-refractivity contribution in [3.05, 3.63) is 40.2 Å². The van der Waals surface area contributed by atoms with E-state index in [-0.39, 0.29) is 5.56 Å². The molecule has 2 aromatic rings. The highest BCUT2D eigenvalue weighted by Crippen LogP contribution is 2.30. The van der Waals surface area contributed by atoms with Crippen LogP contribution in [0.3, 0.4) is 0 Å². The quantitative estimate of drug-likeness (QED) is 0.829. The molecule has 0 radical (unpaired) electrons. The lowest BCUT2D eigenvalue weighted by molar-refractivity contribution is 0.181. The number of halogens is 3. The van der Waals surface area contributed by atoms with Gasteiger partial charge >= 0.3 is 0 Å². The van der Waals surface area contributed by atoms with Crippen LogP contribution in [-0.4, -0.2) is 18.6 Å². The molecule has 0 aliphatic heterocycles. The van der Waals surface area contributed by atoms with Crippen LogP contribution < -0.4 is 5.32 Å². The van der Waals surface area contributed by atoms with Crippen molar-refractivity contribution < 1.29 is 17.9 Å². The van der Waals surface area contributed by atoms with Gasteiger partial charge in [-0.3, -0.25) is 0 Å². The highest BCUT2D eigenvalue weighted by atomic mass is 32.1.